The molecule has 2 N–H and O–H groups in total. The molecule has 0 unspecified atom stereocenters. The van der Waals surface area contributed by atoms with Crippen LogP contribution in [-0.2, 0) is 6.42 Å². The molecule has 0 saturated heterocycles. The Morgan fingerprint density at radius 1 is 1.20 bits per heavy atom. The zero-order valence-corrected chi connectivity index (χ0v) is 11.3. The number of hydrogen-bond donors (Lipinski definition) is 2. The quantitative estimate of drug-likeness (QED) is 0.887. The molecule has 0 atom stereocenters. The smallest absolute Gasteiger partial charge is 0.337 e. The number of carboxylic acids is 1. The van der Waals surface area contributed by atoms with E-state index in [-0.39, 0.29) is 17.2 Å². The molecule has 0 aliphatic rings. The van der Waals surface area contributed by atoms with Crippen molar-refractivity contribution < 1.29 is 19.7 Å². The highest BCUT2D eigenvalue weighted by atomic mass is 35.5. The lowest BCUT2D eigenvalue weighted by Gasteiger charge is -2.11. The maximum Gasteiger partial charge on any atom is 0.337 e. The molecule has 0 bridgehead atoms. The van der Waals surface area contributed by atoms with Crippen molar-refractivity contribution in [1.82, 2.24) is 0 Å². The molecule has 0 radical (unpaired) electrons. The maximum absolute atomic E-state index is 10.9. The molecule has 2 aromatic carbocycles. The van der Waals surface area contributed by atoms with Gasteiger partial charge in [-0.25, -0.2) is 4.79 Å². The van der Waals surface area contributed by atoms with Crippen molar-refractivity contribution in [3.8, 4) is 11.5 Å². The number of ether oxygens (including phenoxy) is 1. The fourth-order valence-electron chi connectivity index (χ4n) is 1.79. The van der Waals surface area contributed by atoms with Gasteiger partial charge in [-0.15, -0.1) is 0 Å². The van der Waals surface area contributed by atoms with Crippen LogP contribution in [-0.4, -0.2) is 22.8 Å². The van der Waals surface area contributed by atoms with E-state index < -0.39 is 5.97 Å². The number of carbonyl (C=O) groups is 1. The lowest BCUT2D eigenvalue weighted by Crippen LogP contribution is -1.98. The fraction of sp³-hybridized carbons (Fsp3) is 0.133. The second-order valence-electron chi connectivity index (χ2n) is 4.13. The number of benzene rings is 2. The Kier molecular flexibility index (Phi) is 4.61. The van der Waals surface area contributed by atoms with Crippen molar-refractivity contribution in [1.29, 1.82) is 0 Å². The maximum atomic E-state index is 10.9. The number of rotatable bonds is 5. The molecule has 0 amide bonds. The predicted octanol–water partition coefficient (Wildman–Crippen LogP) is 3.37. The average Bonchev–Trinajstić information content (AvgIpc) is 2.41. The molecule has 2 aromatic rings. The monoisotopic (exact) mass is 292 g/mol. The number of carboxylic acid groups (broad SMARTS) is 1. The van der Waals surface area contributed by atoms with E-state index in [0.29, 0.717) is 17.9 Å². The van der Waals surface area contributed by atoms with E-state index >= 15 is 0 Å². The van der Waals surface area contributed by atoms with Crippen molar-refractivity contribution in [2.75, 3.05) is 6.61 Å². The van der Waals surface area contributed by atoms with Gasteiger partial charge in [-0.2, -0.15) is 0 Å². The van der Waals surface area contributed by atoms with Gasteiger partial charge in [0, 0.05) is 12.7 Å². The first kappa shape index (κ1) is 14.4. The fourth-order valence-corrected chi connectivity index (χ4v) is 2.04. The van der Waals surface area contributed by atoms with Crippen LogP contribution >= 0.6 is 11.6 Å². The molecule has 2 rings (SSSR count). The van der Waals surface area contributed by atoms with Crippen LogP contribution in [0.5, 0.6) is 11.5 Å². The summed E-state index contributed by atoms with van der Waals surface area (Å²) in [4.78, 5) is 10.9. The molecule has 0 aromatic heterocycles. The molecule has 0 aliphatic heterocycles. The topological polar surface area (TPSA) is 66.8 Å². The highest BCUT2D eigenvalue weighted by molar-refractivity contribution is 6.33. The summed E-state index contributed by atoms with van der Waals surface area (Å²) in [5.74, 6) is -0.0201. The van der Waals surface area contributed by atoms with Crippen LogP contribution in [0.4, 0.5) is 0 Å². The summed E-state index contributed by atoms with van der Waals surface area (Å²) in [5.41, 5.74) is 0.899. The Morgan fingerprint density at radius 3 is 2.60 bits per heavy atom. The third-order valence-electron chi connectivity index (χ3n) is 2.75. The van der Waals surface area contributed by atoms with Gasteiger partial charge in [-0.1, -0.05) is 29.8 Å². The zero-order valence-electron chi connectivity index (χ0n) is 10.5. The van der Waals surface area contributed by atoms with E-state index in [2.05, 4.69) is 0 Å². The van der Waals surface area contributed by atoms with Gasteiger partial charge in [0.15, 0.2) is 0 Å². The second-order valence-corrected chi connectivity index (χ2v) is 4.54. The molecule has 0 spiro atoms. The van der Waals surface area contributed by atoms with E-state index in [9.17, 15) is 4.79 Å². The average molecular weight is 293 g/mol. The second kappa shape index (κ2) is 6.41. The van der Waals surface area contributed by atoms with Crippen LogP contribution in [0, 0.1) is 0 Å². The zero-order chi connectivity index (χ0) is 14.5. The van der Waals surface area contributed by atoms with Crippen molar-refractivity contribution in [2.24, 2.45) is 0 Å². The van der Waals surface area contributed by atoms with Gasteiger partial charge < -0.3 is 14.9 Å². The summed E-state index contributed by atoms with van der Waals surface area (Å²) >= 11 is 5.89. The van der Waals surface area contributed by atoms with E-state index in [0.717, 1.165) is 5.56 Å². The summed E-state index contributed by atoms with van der Waals surface area (Å²) in [5, 5.41) is 18.0. The molecule has 0 aliphatic carbocycles. The number of para-hydroxylation sites is 1. The molecule has 0 heterocycles. The van der Waals surface area contributed by atoms with E-state index in [4.69, 9.17) is 26.6 Å². The minimum atomic E-state index is -1.08. The van der Waals surface area contributed by atoms with E-state index in [1.807, 2.05) is 18.2 Å². The summed E-state index contributed by atoms with van der Waals surface area (Å²) in [6.45, 7) is 0.0269. The van der Waals surface area contributed by atoms with Crippen molar-refractivity contribution >= 4 is 17.6 Å². The van der Waals surface area contributed by atoms with Crippen LogP contribution in [0.2, 0.25) is 5.02 Å². The first-order valence-electron chi connectivity index (χ1n) is 6.01. The van der Waals surface area contributed by atoms with Crippen LogP contribution in [0.1, 0.15) is 15.9 Å². The van der Waals surface area contributed by atoms with Gasteiger partial charge in [0.25, 0.3) is 0 Å². The molecule has 0 saturated carbocycles. The van der Waals surface area contributed by atoms with Gasteiger partial charge in [0.1, 0.15) is 11.5 Å². The number of aliphatic hydroxyl groups excluding tert-OH is 1. The van der Waals surface area contributed by atoms with Gasteiger partial charge in [0.2, 0.25) is 0 Å². The molecule has 20 heavy (non-hydrogen) atoms. The summed E-state index contributed by atoms with van der Waals surface area (Å²) in [6, 6.07) is 11.7. The van der Waals surface area contributed by atoms with E-state index in [1.165, 1.54) is 12.1 Å². The molecule has 0 fully saturated rings. The van der Waals surface area contributed by atoms with Crippen molar-refractivity contribution in [3.05, 3.63) is 58.6 Å². The molecule has 104 valence electrons. The largest absolute Gasteiger partial charge is 0.478 e. The van der Waals surface area contributed by atoms with Gasteiger partial charge in [0.05, 0.1) is 10.6 Å². The Morgan fingerprint density at radius 2 is 1.95 bits per heavy atom. The van der Waals surface area contributed by atoms with Crippen LogP contribution in [0.25, 0.3) is 0 Å². The van der Waals surface area contributed by atoms with Gasteiger partial charge in [-0.3, -0.25) is 0 Å². The third kappa shape index (κ3) is 3.29. The first-order valence-corrected chi connectivity index (χ1v) is 6.39. The number of aromatic carboxylic acids is 1. The lowest BCUT2D eigenvalue weighted by molar-refractivity contribution is 0.0697. The number of aliphatic hydroxyl groups is 1. The van der Waals surface area contributed by atoms with Crippen LogP contribution < -0.4 is 4.74 Å². The van der Waals surface area contributed by atoms with Crippen molar-refractivity contribution in [3.63, 3.8) is 0 Å². The standard InChI is InChI=1S/C15H13ClO4/c16-13-9-11(5-6-12(13)15(18)19)20-14-4-2-1-3-10(14)7-8-17/h1-6,9,17H,7-8H2,(H,18,19). The Hall–Kier alpha value is -2.04. The normalized spacial score (nSPS) is 10.3. The van der Waals surface area contributed by atoms with Crippen LogP contribution in [0.3, 0.4) is 0 Å². The number of halogens is 1. The SMILES string of the molecule is O=C(O)c1ccc(Oc2ccccc2CCO)cc1Cl. The third-order valence-corrected chi connectivity index (χ3v) is 3.07. The van der Waals surface area contributed by atoms with Gasteiger partial charge >= 0.3 is 5.97 Å². The van der Waals surface area contributed by atoms with Gasteiger partial charge in [-0.05, 0) is 30.2 Å². The van der Waals surface area contributed by atoms with Crippen molar-refractivity contribution in [2.45, 2.75) is 6.42 Å². The predicted molar refractivity (Wildman–Crippen MR) is 75.7 cm³/mol. The summed E-state index contributed by atoms with van der Waals surface area (Å²) < 4.78 is 5.69. The van der Waals surface area contributed by atoms with Crippen LogP contribution in [0.15, 0.2) is 42.5 Å². The summed E-state index contributed by atoms with van der Waals surface area (Å²) in [7, 11) is 0. The van der Waals surface area contributed by atoms with E-state index in [1.54, 1.807) is 12.1 Å². The highest BCUT2D eigenvalue weighted by Gasteiger charge is 2.10. The highest BCUT2D eigenvalue weighted by Crippen LogP contribution is 2.29. The Balaban J connectivity index is 2.26. The summed E-state index contributed by atoms with van der Waals surface area (Å²) in [6.07, 6.45) is 0.483. The minimum Gasteiger partial charge on any atom is -0.478 e. The molecule has 5 heteroatoms. The molecular formula is C15H13ClO4. The molecule has 4 nitrogen and oxygen atoms in total. The minimum absolute atomic E-state index is 0.0269. The first-order chi connectivity index (χ1) is 9.61. The Labute approximate surface area is 121 Å². The lowest BCUT2D eigenvalue weighted by atomic mass is 10.1. The Bertz CT molecular complexity index is 625. The molecular weight excluding hydrogens is 280 g/mol. The number of hydrogen-bond acceptors (Lipinski definition) is 3.